The van der Waals surface area contributed by atoms with Crippen LogP contribution < -0.4 is 11.1 Å². The van der Waals surface area contributed by atoms with Crippen LogP contribution in [0.25, 0.3) is 0 Å². The fourth-order valence-electron chi connectivity index (χ4n) is 3.35. The number of hydrogen-bond donors (Lipinski definition) is 3. The van der Waals surface area contributed by atoms with Gasteiger partial charge in [-0.1, -0.05) is 28.5 Å². The van der Waals surface area contributed by atoms with Crippen LogP contribution in [0.15, 0.2) is 27.6 Å². The first-order valence-electron chi connectivity index (χ1n) is 9.68. The lowest BCUT2D eigenvalue weighted by atomic mass is 10.0. The van der Waals surface area contributed by atoms with Crippen LogP contribution in [0.2, 0.25) is 5.15 Å². The van der Waals surface area contributed by atoms with Gasteiger partial charge in [0.2, 0.25) is 11.1 Å². The van der Waals surface area contributed by atoms with Crippen molar-refractivity contribution in [2.24, 2.45) is 12.2 Å². The Morgan fingerprint density at radius 1 is 1.46 bits per heavy atom. The molecule has 2 amide bonds. The lowest BCUT2D eigenvalue weighted by molar-refractivity contribution is -0.150. The number of tetrazole rings is 1. The van der Waals surface area contributed by atoms with Crippen LogP contribution >= 0.6 is 35.1 Å². The number of amides is 2. The molecule has 0 radical (unpaired) electrons. The maximum Gasteiger partial charge on any atom is 0.352 e. The smallest absolute Gasteiger partial charge is 0.352 e. The van der Waals surface area contributed by atoms with Crippen LogP contribution in [0.3, 0.4) is 0 Å². The Morgan fingerprint density at radius 3 is 2.86 bits per heavy atom. The lowest BCUT2D eigenvalue weighted by Gasteiger charge is -2.49. The van der Waals surface area contributed by atoms with Crippen molar-refractivity contribution in [3.05, 3.63) is 28.2 Å². The van der Waals surface area contributed by atoms with Gasteiger partial charge in [-0.15, -0.1) is 16.9 Å². The Bertz CT molecular complexity index is 1250. The van der Waals surface area contributed by atoms with Gasteiger partial charge in [0.15, 0.2) is 5.71 Å². The van der Waals surface area contributed by atoms with E-state index in [0.29, 0.717) is 16.5 Å². The SMILES string of the molecule is CO/N=C(/C(=O)NC1C(=O)N2C(C(=O)O)=C(CSc3nnnn3C)CSC12)c1cc(Cl)nc(N)n1. The molecule has 2 aromatic heterocycles. The van der Waals surface area contributed by atoms with Crippen LogP contribution in [0.1, 0.15) is 5.69 Å². The number of oxime groups is 1. The van der Waals surface area contributed by atoms with Crippen molar-refractivity contribution in [1.29, 1.82) is 0 Å². The zero-order chi connectivity index (χ0) is 25.3. The highest BCUT2D eigenvalue weighted by Gasteiger charge is 2.54. The summed E-state index contributed by atoms with van der Waals surface area (Å²) in [7, 11) is 2.89. The van der Waals surface area contributed by atoms with E-state index in [1.807, 2.05) is 0 Å². The number of nitrogen functional groups attached to an aromatic ring is 1. The first kappa shape index (κ1) is 24.7. The van der Waals surface area contributed by atoms with Gasteiger partial charge in [0, 0.05) is 24.6 Å². The van der Waals surface area contributed by atoms with Crippen molar-refractivity contribution >= 4 is 64.6 Å². The molecule has 0 aliphatic carbocycles. The molecule has 1 fully saturated rings. The molecule has 0 bridgehead atoms. The van der Waals surface area contributed by atoms with Crippen molar-refractivity contribution in [3.63, 3.8) is 0 Å². The molecule has 35 heavy (non-hydrogen) atoms. The second-order valence-electron chi connectivity index (χ2n) is 7.05. The summed E-state index contributed by atoms with van der Waals surface area (Å²) in [5.74, 6) is -2.18. The summed E-state index contributed by atoms with van der Waals surface area (Å²) < 4.78 is 1.46. The zero-order valence-electron chi connectivity index (χ0n) is 18.1. The van der Waals surface area contributed by atoms with Gasteiger partial charge < -0.3 is 21.0 Å². The molecule has 2 atom stereocenters. The first-order valence-corrected chi connectivity index (χ1v) is 12.1. The van der Waals surface area contributed by atoms with Gasteiger partial charge in [-0.05, 0) is 16.0 Å². The Morgan fingerprint density at radius 2 is 2.23 bits per heavy atom. The monoisotopic (exact) mass is 540 g/mol. The fourth-order valence-corrected chi connectivity index (χ4v) is 5.88. The standard InChI is InChI=1S/C17H17ClN10O5S2/c1-27-17(23-25-26-27)35-5-6-4-34-14-10(13(30)28(14)11(6)15(31)32)22-12(29)9(24-33-2)7-3-8(18)21-16(19)20-7/h3,10,14H,4-5H2,1-2H3,(H,22,29)(H,31,32)(H2,19,20,21)/b24-9+. The molecule has 0 saturated carbocycles. The molecule has 2 aliphatic rings. The molecule has 2 unspecified atom stereocenters. The van der Waals surface area contributed by atoms with Crippen molar-refractivity contribution in [1.82, 2.24) is 40.4 Å². The van der Waals surface area contributed by atoms with Gasteiger partial charge >= 0.3 is 5.97 Å². The van der Waals surface area contributed by atoms with Crippen LogP contribution in [0.5, 0.6) is 0 Å². The fraction of sp³-hybridized carbons (Fsp3) is 0.353. The minimum atomic E-state index is -1.24. The molecule has 1 saturated heterocycles. The van der Waals surface area contributed by atoms with Crippen LogP contribution in [-0.2, 0) is 26.3 Å². The van der Waals surface area contributed by atoms with E-state index in [4.69, 9.17) is 22.2 Å². The third kappa shape index (κ3) is 4.87. The van der Waals surface area contributed by atoms with Gasteiger partial charge in [0.1, 0.15) is 35.1 Å². The molecule has 0 spiro atoms. The Labute approximate surface area is 210 Å². The highest BCUT2D eigenvalue weighted by atomic mass is 35.5. The molecule has 2 aliphatic heterocycles. The van der Waals surface area contributed by atoms with Gasteiger partial charge in [-0.25, -0.2) is 19.4 Å². The van der Waals surface area contributed by atoms with Crippen molar-refractivity contribution in [3.8, 4) is 0 Å². The van der Waals surface area contributed by atoms with E-state index in [0.717, 1.165) is 0 Å². The van der Waals surface area contributed by atoms with Gasteiger partial charge in [0.05, 0.1) is 0 Å². The van der Waals surface area contributed by atoms with Crippen LogP contribution in [0.4, 0.5) is 5.95 Å². The summed E-state index contributed by atoms with van der Waals surface area (Å²) in [4.78, 5) is 51.4. The van der Waals surface area contributed by atoms with E-state index in [9.17, 15) is 19.5 Å². The summed E-state index contributed by atoms with van der Waals surface area (Å²) in [6, 6.07) is 0.275. The number of nitrogens with two attached hydrogens (primary N) is 1. The summed E-state index contributed by atoms with van der Waals surface area (Å²) in [5.41, 5.74) is 5.72. The number of halogens is 1. The molecular weight excluding hydrogens is 524 g/mol. The molecular formula is C17H17ClN10O5S2. The Hall–Kier alpha value is -3.44. The predicted molar refractivity (Wildman–Crippen MR) is 124 cm³/mol. The molecule has 4 rings (SSSR count). The number of aliphatic carboxylic acids is 1. The molecule has 18 heteroatoms. The molecule has 4 heterocycles. The number of anilines is 1. The minimum Gasteiger partial charge on any atom is -0.477 e. The molecule has 15 nitrogen and oxygen atoms in total. The highest BCUT2D eigenvalue weighted by Crippen LogP contribution is 2.41. The number of thioether (sulfide) groups is 2. The number of fused-ring (bicyclic) bond motifs is 1. The zero-order valence-corrected chi connectivity index (χ0v) is 20.5. The van der Waals surface area contributed by atoms with Gasteiger partial charge in [-0.3, -0.25) is 14.5 Å². The van der Waals surface area contributed by atoms with Crippen molar-refractivity contribution in [2.45, 2.75) is 16.6 Å². The maximum atomic E-state index is 12.9. The van der Waals surface area contributed by atoms with Crippen LogP contribution in [-0.4, -0.2) is 93.7 Å². The average molecular weight is 541 g/mol. The summed E-state index contributed by atoms with van der Waals surface area (Å²) in [5, 5.41) is 27.1. The third-order valence-electron chi connectivity index (χ3n) is 4.85. The number of nitrogens with zero attached hydrogens (tertiary/aromatic N) is 8. The molecule has 2 aromatic rings. The first-order chi connectivity index (χ1) is 16.7. The summed E-state index contributed by atoms with van der Waals surface area (Å²) in [6.07, 6.45) is 0. The summed E-state index contributed by atoms with van der Waals surface area (Å²) in [6.45, 7) is 0. The second kappa shape index (κ2) is 10.0. The number of carboxylic acid groups (broad SMARTS) is 1. The lowest BCUT2D eigenvalue weighted by Crippen LogP contribution is -2.71. The van der Waals surface area contributed by atoms with E-state index in [-0.39, 0.29) is 34.0 Å². The number of carboxylic acids is 1. The highest BCUT2D eigenvalue weighted by molar-refractivity contribution is 8.01. The molecule has 184 valence electrons. The number of hydrogen-bond acceptors (Lipinski definition) is 13. The number of nitrogens with one attached hydrogen (secondary N) is 1. The third-order valence-corrected chi connectivity index (χ3v) is 7.48. The van der Waals surface area contributed by atoms with E-state index in [1.165, 1.54) is 46.3 Å². The predicted octanol–water partition coefficient (Wildman–Crippen LogP) is -0.883. The minimum absolute atomic E-state index is 0.00882. The number of rotatable bonds is 8. The van der Waals surface area contributed by atoms with Gasteiger partial charge in [-0.2, -0.15) is 0 Å². The van der Waals surface area contributed by atoms with E-state index >= 15 is 0 Å². The Kier molecular flexibility index (Phi) is 7.08. The van der Waals surface area contributed by atoms with Crippen molar-refractivity contribution in [2.75, 3.05) is 24.3 Å². The largest absolute Gasteiger partial charge is 0.477 e. The maximum absolute atomic E-state index is 12.9. The normalized spacial score (nSPS) is 19.8. The Balaban J connectivity index is 1.51. The van der Waals surface area contributed by atoms with E-state index in [1.54, 1.807) is 7.05 Å². The average Bonchev–Trinajstić information content (AvgIpc) is 3.22. The van der Waals surface area contributed by atoms with Gasteiger partial charge in [0.25, 0.3) is 11.8 Å². The van der Waals surface area contributed by atoms with Crippen molar-refractivity contribution < 1.29 is 24.3 Å². The quantitative estimate of drug-likeness (QED) is 0.122. The van der Waals surface area contributed by atoms with E-state index in [2.05, 4.69) is 36.0 Å². The number of aryl methyl sites for hydroxylation is 1. The summed E-state index contributed by atoms with van der Waals surface area (Å²) >= 11 is 8.46. The number of carbonyl (C=O) groups excluding carboxylic acids is 2. The molecule has 0 aromatic carbocycles. The molecule has 4 N–H and O–H groups in total. The second-order valence-corrected chi connectivity index (χ2v) is 9.48. The number of aromatic nitrogens is 6. The number of β-lactam (4-membered cyclic amide) rings is 1. The number of carbonyl (C=O) groups is 3. The van der Waals surface area contributed by atoms with E-state index < -0.39 is 29.2 Å². The van der Waals surface area contributed by atoms with Crippen LogP contribution in [0, 0.1) is 0 Å². The topological polar surface area (TPSA) is 204 Å².